The van der Waals surface area contributed by atoms with Crippen LogP contribution in [-0.2, 0) is 14.4 Å². The summed E-state index contributed by atoms with van der Waals surface area (Å²) >= 11 is 5.11. The van der Waals surface area contributed by atoms with E-state index in [0.717, 1.165) is 0 Å². The van der Waals surface area contributed by atoms with Crippen molar-refractivity contribution >= 4 is 51.2 Å². The van der Waals surface area contributed by atoms with Gasteiger partial charge in [-0.2, -0.15) is 0 Å². The van der Waals surface area contributed by atoms with Gasteiger partial charge in [-0.05, 0) is 43.0 Å². The second kappa shape index (κ2) is 10.4. The van der Waals surface area contributed by atoms with Gasteiger partial charge in [-0.3, -0.25) is 14.4 Å². The Kier molecular flexibility index (Phi) is 7.78. The maximum Gasteiger partial charge on any atom is 0.308 e. The van der Waals surface area contributed by atoms with E-state index >= 15 is 0 Å². The molecular weight excluding hydrogens is 548 g/mol. The molecule has 7 atom stereocenters. The van der Waals surface area contributed by atoms with E-state index in [4.69, 9.17) is 4.74 Å². The van der Waals surface area contributed by atoms with Crippen molar-refractivity contribution in [2.45, 2.75) is 53.6 Å². The Morgan fingerprint density at radius 1 is 1.36 bits per heavy atom. The van der Waals surface area contributed by atoms with E-state index in [2.05, 4.69) is 22.5 Å². The van der Waals surface area contributed by atoms with Crippen molar-refractivity contribution in [2.24, 2.45) is 17.8 Å². The van der Waals surface area contributed by atoms with Gasteiger partial charge in [0.15, 0.2) is 0 Å². The van der Waals surface area contributed by atoms with Crippen LogP contribution in [0.5, 0.6) is 5.75 Å². The zero-order valence-electron chi connectivity index (χ0n) is 20.7. The molecule has 3 aliphatic rings. The van der Waals surface area contributed by atoms with Gasteiger partial charge >= 0.3 is 5.97 Å². The highest BCUT2D eigenvalue weighted by molar-refractivity contribution is 9.09. The van der Waals surface area contributed by atoms with Gasteiger partial charge in [-0.15, -0.1) is 18.3 Å². The minimum atomic E-state index is -1.02. The van der Waals surface area contributed by atoms with Crippen LogP contribution < -0.4 is 9.64 Å². The number of amides is 2. The largest absolute Gasteiger partial charge is 0.497 e. The van der Waals surface area contributed by atoms with Crippen LogP contribution in [0, 0.1) is 17.8 Å². The molecular formula is C26H33BrN2O6S. The fourth-order valence-corrected chi connectivity index (χ4v) is 9.79. The number of hydrogen-bond donors (Lipinski definition) is 2. The van der Waals surface area contributed by atoms with E-state index in [-0.39, 0.29) is 41.0 Å². The smallest absolute Gasteiger partial charge is 0.308 e. The maximum atomic E-state index is 14.5. The second-order valence-electron chi connectivity index (χ2n) is 10.1. The van der Waals surface area contributed by atoms with Gasteiger partial charge in [0.2, 0.25) is 5.91 Å². The molecule has 3 heterocycles. The number of rotatable bonds is 10. The third-order valence-corrected chi connectivity index (χ3v) is 10.8. The van der Waals surface area contributed by atoms with Crippen molar-refractivity contribution in [1.29, 1.82) is 0 Å². The number of ether oxygens (including phenoxy) is 1. The van der Waals surface area contributed by atoms with Crippen LogP contribution in [0.1, 0.15) is 26.7 Å². The lowest BCUT2D eigenvalue weighted by atomic mass is 9.71. The number of carboxylic acid groups (broad SMARTS) is 1. The Balaban J connectivity index is 1.83. The first kappa shape index (κ1) is 27.0. The molecule has 1 spiro atoms. The third kappa shape index (κ3) is 4.24. The molecule has 1 aromatic carbocycles. The normalized spacial score (nSPS) is 31.4. The minimum absolute atomic E-state index is 0.130. The number of methoxy groups -OCH3 is 1. The van der Waals surface area contributed by atoms with Gasteiger partial charge in [0.25, 0.3) is 5.91 Å². The number of fused-ring (bicyclic) bond motifs is 1. The van der Waals surface area contributed by atoms with Crippen LogP contribution >= 0.6 is 27.7 Å². The fourth-order valence-electron chi connectivity index (χ4n) is 6.20. The highest BCUT2D eigenvalue weighted by Crippen LogP contribution is 2.68. The molecule has 3 fully saturated rings. The van der Waals surface area contributed by atoms with E-state index in [9.17, 15) is 24.6 Å². The summed E-state index contributed by atoms with van der Waals surface area (Å²) in [6.07, 6.45) is 2.63. The number of likely N-dealkylation sites (tertiary alicyclic amines) is 1. The topological polar surface area (TPSA) is 107 Å². The molecule has 0 aromatic heterocycles. The van der Waals surface area contributed by atoms with Gasteiger partial charge < -0.3 is 24.7 Å². The second-order valence-corrected chi connectivity index (χ2v) is 12.9. The number of hydrogen-bond acceptors (Lipinski definition) is 6. The summed E-state index contributed by atoms with van der Waals surface area (Å²) in [6.45, 7) is 7.73. The summed E-state index contributed by atoms with van der Waals surface area (Å²) in [5.41, 5.74) is 0.625. The number of alkyl halides is 1. The number of carbonyl (C=O) groups is 3. The van der Waals surface area contributed by atoms with Crippen LogP contribution in [0.25, 0.3) is 0 Å². The zero-order chi connectivity index (χ0) is 26.4. The van der Waals surface area contributed by atoms with E-state index < -0.39 is 34.6 Å². The van der Waals surface area contributed by atoms with Crippen molar-refractivity contribution in [3.05, 3.63) is 36.9 Å². The van der Waals surface area contributed by atoms with Gasteiger partial charge in [-0.25, -0.2) is 0 Å². The third-order valence-electron chi connectivity index (χ3n) is 7.56. The van der Waals surface area contributed by atoms with Crippen molar-refractivity contribution in [1.82, 2.24) is 4.90 Å². The molecule has 2 N–H and O–H groups in total. The van der Waals surface area contributed by atoms with Crippen LogP contribution in [0.3, 0.4) is 0 Å². The van der Waals surface area contributed by atoms with Crippen LogP contribution in [0.15, 0.2) is 36.9 Å². The minimum Gasteiger partial charge on any atom is -0.497 e. The molecule has 0 radical (unpaired) electrons. The SMILES string of the molecule is C=CCN(C(=O)C1N([C@@H](CO)CC(C)C)C(=O)[C@@H]2[C@@H](C(=O)O)[C@@H]3SC12CC3Br)c1ccc(OC)cc1. The first-order valence-corrected chi connectivity index (χ1v) is 13.9. The molecule has 36 heavy (non-hydrogen) atoms. The Labute approximate surface area is 224 Å². The average molecular weight is 582 g/mol. The Morgan fingerprint density at radius 2 is 2.03 bits per heavy atom. The first-order valence-electron chi connectivity index (χ1n) is 12.1. The van der Waals surface area contributed by atoms with Gasteiger partial charge in [0, 0.05) is 22.3 Å². The van der Waals surface area contributed by atoms with Gasteiger partial charge in [0.05, 0.1) is 36.3 Å². The summed E-state index contributed by atoms with van der Waals surface area (Å²) < 4.78 is 4.36. The summed E-state index contributed by atoms with van der Waals surface area (Å²) in [7, 11) is 1.57. The molecule has 2 amide bonds. The highest BCUT2D eigenvalue weighted by Gasteiger charge is 2.76. The number of halogens is 1. The summed E-state index contributed by atoms with van der Waals surface area (Å²) in [4.78, 5) is 43.8. The number of carboxylic acids is 1. The van der Waals surface area contributed by atoms with E-state index in [1.807, 2.05) is 13.8 Å². The first-order chi connectivity index (χ1) is 17.1. The van der Waals surface area contributed by atoms with Crippen LogP contribution in [0.2, 0.25) is 0 Å². The quantitative estimate of drug-likeness (QED) is 0.323. The lowest BCUT2D eigenvalue weighted by Gasteiger charge is -2.40. The summed E-state index contributed by atoms with van der Waals surface area (Å²) in [6, 6.07) is 5.58. The van der Waals surface area contributed by atoms with Gasteiger partial charge in [0.1, 0.15) is 11.8 Å². The predicted molar refractivity (Wildman–Crippen MR) is 143 cm³/mol. The number of nitrogens with zero attached hydrogens (tertiary/aromatic N) is 2. The summed E-state index contributed by atoms with van der Waals surface area (Å²) in [5, 5.41) is 20.2. The maximum absolute atomic E-state index is 14.5. The Hall–Kier alpha value is -2.04. The standard InChI is InChI=1S/C26H33BrN2O6S/c1-5-10-28(15-6-8-17(35-4)9-7-15)24(32)22-26-12-18(27)21(36-26)19(25(33)34)20(26)23(31)29(22)16(13-30)11-14(2)3/h5-9,14,16,18-22,30H,1,10-13H2,2-4H3,(H,33,34)/t16-,18?,19-,20+,21-,22?,26?/m1/s1. The molecule has 4 rings (SSSR count). The molecule has 196 valence electrons. The number of anilines is 1. The molecule has 3 unspecified atom stereocenters. The lowest BCUT2D eigenvalue weighted by Crippen LogP contribution is -2.58. The number of aliphatic carboxylic acids is 1. The van der Waals surface area contributed by atoms with E-state index in [1.165, 1.54) is 16.7 Å². The molecule has 0 aliphatic carbocycles. The Morgan fingerprint density at radius 3 is 2.56 bits per heavy atom. The molecule has 2 bridgehead atoms. The van der Waals surface area contributed by atoms with E-state index in [1.54, 1.807) is 42.4 Å². The monoisotopic (exact) mass is 580 g/mol. The Bertz CT molecular complexity index is 1040. The zero-order valence-corrected chi connectivity index (χ0v) is 23.1. The number of benzene rings is 1. The van der Waals surface area contributed by atoms with Crippen molar-refractivity contribution < 1.29 is 29.3 Å². The molecule has 8 nitrogen and oxygen atoms in total. The average Bonchev–Trinajstić information content (AvgIpc) is 3.44. The molecule has 0 saturated carbocycles. The van der Waals surface area contributed by atoms with Crippen LogP contribution in [-0.4, -0.2) is 80.1 Å². The van der Waals surface area contributed by atoms with Gasteiger partial charge in [-0.1, -0.05) is 35.9 Å². The highest BCUT2D eigenvalue weighted by atomic mass is 79.9. The lowest BCUT2D eigenvalue weighted by molar-refractivity contribution is -0.149. The predicted octanol–water partition coefficient (Wildman–Crippen LogP) is 3.17. The summed E-state index contributed by atoms with van der Waals surface area (Å²) in [5.74, 6) is -2.57. The number of aliphatic hydroxyl groups is 1. The van der Waals surface area contributed by atoms with Crippen molar-refractivity contribution in [2.75, 3.05) is 25.2 Å². The van der Waals surface area contributed by atoms with Crippen molar-refractivity contribution in [3.63, 3.8) is 0 Å². The molecule has 3 saturated heterocycles. The molecule has 3 aliphatic heterocycles. The fraction of sp³-hybridized carbons (Fsp3) is 0.577. The van der Waals surface area contributed by atoms with E-state index in [0.29, 0.717) is 24.3 Å². The number of aliphatic hydroxyl groups excluding tert-OH is 1. The number of carbonyl (C=O) groups excluding carboxylic acids is 2. The molecule has 10 heteroatoms. The molecule has 1 aromatic rings. The number of thioether (sulfide) groups is 1. The van der Waals surface area contributed by atoms with Crippen molar-refractivity contribution in [3.8, 4) is 5.75 Å². The van der Waals surface area contributed by atoms with Crippen LogP contribution in [0.4, 0.5) is 5.69 Å².